The minimum atomic E-state index is -3.85. The van der Waals surface area contributed by atoms with Crippen LogP contribution in [0.5, 0.6) is 0 Å². The van der Waals surface area contributed by atoms with Gasteiger partial charge in [-0.05, 0) is 49.7 Å². The molecule has 0 heterocycles. The second-order valence-corrected chi connectivity index (χ2v) is 9.08. The molecule has 0 aliphatic carbocycles. The number of nitrogens with one attached hydrogen (secondary N) is 1. The number of sulfonamides is 1. The first kappa shape index (κ1) is 21.7. The Bertz CT molecular complexity index is 962. The van der Waals surface area contributed by atoms with Crippen LogP contribution in [-0.2, 0) is 20.4 Å². The van der Waals surface area contributed by atoms with Crippen molar-refractivity contribution < 1.29 is 18.0 Å². The van der Waals surface area contributed by atoms with Gasteiger partial charge in [0.05, 0.1) is 27.6 Å². The van der Waals surface area contributed by atoms with Crippen molar-refractivity contribution in [2.45, 2.75) is 24.3 Å². The molecule has 9 heteroatoms. The molecule has 0 radical (unpaired) electrons. The molecule has 2 rings (SSSR count). The summed E-state index contributed by atoms with van der Waals surface area (Å²) in [6, 6.07) is 10.8. The molecular weight excluding hydrogens is 411 g/mol. The Morgan fingerprint density at radius 1 is 1.11 bits per heavy atom. The first-order chi connectivity index (χ1) is 12.5. The van der Waals surface area contributed by atoms with Gasteiger partial charge < -0.3 is 5.32 Å². The van der Waals surface area contributed by atoms with Crippen molar-refractivity contribution in [3.8, 4) is 0 Å². The quantitative estimate of drug-likeness (QED) is 0.706. The van der Waals surface area contributed by atoms with Gasteiger partial charge in [-0.2, -0.15) is 0 Å². The van der Waals surface area contributed by atoms with Gasteiger partial charge in [-0.25, -0.2) is 8.42 Å². The zero-order valence-corrected chi connectivity index (χ0v) is 17.6. The second kappa shape index (κ2) is 8.16. The number of rotatable bonds is 6. The van der Waals surface area contributed by atoms with E-state index in [1.165, 1.54) is 38.4 Å². The lowest BCUT2D eigenvalue weighted by Crippen LogP contribution is -2.41. The van der Waals surface area contributed by atoms with Crippen LogP contribution in [-0.4, -0.2) is 33.0 Å². The molecule has 0 bridgehead atoms. The Morgan fingerprint density at radius 2 is 1.78 bits per heavy atom. The minimum absolute atomic E-state index is 0.0492. The highest BCUT2D eigenvalue weighted by atomic mass is 35.5. The van der Waals surface area contributed by atoms with Crippen LogP contribution in [0.15, 0.2) is 47.4 Å². The normalized spacial score (nSPS) is 12.3. The van der Waals surface area contributed by atoms with Crippen molar-refractivity contribution in [1.29, 1.82) is 0 Å². The van der Waals surface area contributed by atoms with Crippen LogP contribution in [0.4, 0.5) is 0 Å². The van der Waals surface area contributed by atoms with E-state index in [0.29, 0.717) is 10.0 Å². The van der Waals surface area contributed by atoms with E-state index < -0.39 is 21.5 Å². The Hall–Kier alpha value is -1.64. The number of amides is 1. The molecule has 0 unspecified atom stereocenters. The molecule has 0 aliphatic rings. The third-order valence-electron chi connectivity index (χ3n) is 4.06. The second-order valence-electron chi connectivity index (χ2n) is 6.33. The van der Waals surface area contributed by atoms with Crippen LogP contribution in [0.2, 0.25) is 10.0 Å². The van der Waals surface area contributed by atoms with Crippen LogP contribution < -0.4 is 5.32 Å². The van der Waals surface area contributed by atoms with Gasteiger partial charge in [0.25, 0.3) is 15.9 Å². The maximum Gasteiger partial charge on any atom is 0.264 e. The van der Waals surface area contributed by atoms with E-state index >= 15 is 0 Å². The molecule has 2 aromatic rings. The number of nitrogens with zero attached hydrogens (tertiary/aromatic N) is 1. The summed E-state index contributed by atoms with van der Waals surface area (Å²) in [5.74, 6) is -0.428. The number of carbonyl (C=O) groups is 1. The van der Waals surface area contributed by atoms with Crippen LogP contribution in [0.3, 0.4) is 0 Å². The summed E-state index contributed by atoms with van der Waals surface area (Å²) in [5, 5.41) is 3.68. The van der Waals surface area contributed by atoms with Crippen molar-refractivity contribution >= 4 is 39.1 Å². The molecule has 1 amide bonds. The molecule has 146 valence electrons. The summed E-state index contributed by atoms with van der Waals surface area (Å²) in [6.07, 6.45) is 0. The lowest BCUT2D eigenvalue weighted by molar-refractivity contribution is -0.0258. The van der Waals surface area contributed by atoms with E-state index in [1.54, 1.807) is 18.2 Å². The number of halogens is 2. The van der Waals surface area contributed by atoms with Gasteiger partial charge in [-0.15, -0.1) is 0 Å². The monoisotopic (exact) mass is 430 g/mol. The molecule has 6 nitrogen and oxygen atoms in total. The lowest BCUT2D eigenvalue weighted by atomic mass is 9.94. The van der Waals surface area contributed by atoms with Crippen molar-refractivity contribution in [2.24, 2.45) is 0 Å². The fourth-order valence-electron chi connectivity index (χ4n) is 2.36. The molecule has 0 aliphatic heterocycles. The summed E-state index contributed by atoms with van der Waals surface area (Å²) in [7, 11) is -1.34. The zero-order valence-electron chi connectivity index (χ0n) is 15.3. The van der Waals surface area contributed by atoms with Gasteiger partial charge in [0.15, 0.2) is 0 Å². The van der Waals surface area contributed by atoms with Gasteiger partial charge in [0, 0.05) is 12.6 Å². The topological polar surface area (TPSA) is 75.7 Å². The fraction of sp³-hybridized carbons (Fsp3) is 0.278. The average Bonchev–Trinajstić information content (AvgIpc) is 2.62. The highest BCUT2D eigenvalue weighted by Gasteiger charge is 2.26. The minimum Gasteiger partial charge on any atom is -0.343 e. The SMILES string of the molecule is CON(C)S(=O)(=O)c1cccc(C(=O)NC(C)(C)c2ccc(Cl)c(Cl)c2)c1. The Morgan fingerprint density at radius 3 is 2.37 bits per heavy atom. The van der Waals surface area contributed by atoms with Crippen LogP contribution >= 0.6 is 23.2 Å². The van der Waals surface area contributed by atoms with E-state index in [2.05, 4.69) is 5.32 Å². The highest BCUT2D eigenvalue weighted by molar-refractivity contribution is 7.89. The van der Waals surface area contributed by atoms with E-state index in [9.17, 15) is 13.2 Å². The predicted octanol–water partition coefficient (Wildman–Crippen LogP) is 3.84. The number of benzene rings is 2. The molecule has 0 spiro atoms. The lowest BCUT2D eigenvalue weighted by Gasteiger charge is -2.27. The van der Waals surface area contributed by atoms with E-state index in [-0.39, 0.29) is 10.5 Å². The number of hydrogen-bond donors (Lipinski definition) is 1. The third-order valence-corrected chi connectivity index (χ3v) is 6.47. The number of hydroxylamine groups is 1. The van der Waals surface area contributed by atoms with Crippen molar-refractivity contribution in [2.75, 3.05) is 14.2 Å². The van der Waals surface area contributed by atoms with Gasteiger partial charge in [-0.3, -0.25) is 9.63 Å². The molecule has 27 heavy (non-hydrogen) atoms. The fourth-order valence-corrected chi connectivity index (χ4v) is 3.68. The van der Waals surface area contributed by atoms with Crippen molar-refractivity contribution in [1.82, 2.24) is 9.79 Å². The first-order valence-electron chi connectivity index (χ1n) is 7.90. The Labute approximate surface area is 169 Å². The molecule has 2 aromatic carbocycles. The Kier molecular flexibility index (Phi) is 6.55. The molecule has 0 atom stereocenters. The molecule has 0 fully saturated rings. The standard InChI is InChI=1S/C18H20Cl2N2O4S/c1-18(2,13-8-9-15(19)16(20)11-13)21-17(23)12-6-5-7-14(10-12)27(24,25)22(3)26-4/h5-11H,1-4H3,(H,21,23). The van der Waals surface area contributed by atoms with Gasteiger partial charge >= 0.3 is 0 Å². The summed E-state index contributed by atoms with van der Waals surface area (Å²) >= 11 is 12.0. The summed E-state index contributed by atoms with van der Waals surface area (Å²) in [4.78, 5) is 17.4. The molecular formula is C18H20Cl2N2O4S. The zero-order chi connectivity index (χ0) is 20.4. The smallest absolute Gasteiger partial charge is 0.264 e. The molecule has 0 saturated carbocycles. The van der Waals surface area contributed by atoms with Gasteiger partial charge in [0.1, 0.15) is 0 Å². The highest BCUT2D eigenvalue weighted by Crippen LogP contribution is 2.29. The summed E-state index contributed by atoms with van der Waals surface area (Å²) in [6.45, 7) is 3.62. The third kappa shape index (κ3) is 4.80. The number of hydrogen-bond acceptors (Lipinski definition) is 4. The Balaban J connectivity index is 2.30. The summed E-state index contributed by atoms with van der Waals surface area (Å²) in [5.41, 5.74) is 0.200. The largest absolute Gasteiger partial charge is 0.343 e. The average molecular weight is 431 g/mol. The maximum absolute atomic E-state index is 12.7. The van der Waals surface area contributed by atoms with E-state index in [4.69, 9.17) is 28.0 Å². The first-order valence-corrected chi connectivity index (χ1v) is 10.1. The molecule has 1 N–H and O–H groups in total. The molecule has 0 aromatic heterocycles. The van der Waals surface area contributed by atoms with Crippen LogP contribution in [0.1, 0.15) is 29.8 Å². The van der Waals surface area contributed by atoms with E-state index in [1.807, 2.05) is 13.8 Å². The predicted molar refractivity (Wildman–Crippen MR) is 105 cm³/mol. The summed E-state index contributed by atoms with van der Waals surface area (Å²) < 4.78 is 25.4. The van der Waals surface area contributed by atoms with Crippen molar-refractivity contribution in [3.63, 3.8) is 0 Å². The van der Waals surface area contributed by atoms with Crippen molar-refractivity contribution in [3.05, 3.63) is 63.6 Å². The number of carbonyl (C=O) groups excluding carboxylic acids is 1. The van der Waals surface area contributed by atoms with E-state index in [0.717, 1.165) is 10.0 Å². The maximum atomic E-state index is 12.7. The van der Waals surface area contributed by atoms with Crippen LogP contribution in [0.25, 0.3) is 0 Å². The molecule has 0 saturated heterocycles. The van der Waals surface area contributed by atoms with Gasteiger partial charge in [-0.1, -0.05) is 39.8 Å². The van der Waals surface area contributed by atoms with Gasteiger partial charge in [0.2, 0.25) is 0 Å². The van der Waals surface area contributed by atoms with Crippen LogP contribution in [0, 0.1) is 0 Å².